The Kier molecular flexibility index (Phi) is 52.5. The van der Waals surface area contributed by atoms with Crippen molar-refractivity contribution in [2.24, 2.45) is 11.8 Å². The summed E-state index contributed by atoms with van der Waals surface area (Å²) in [6, 6.07) is 30.6. The van der Waals surface area contributed by atoms with Crippen molar-refractivity contribution in [3.63, 3.8) is 0 Å². The van der Waals surface area contributed by atoms with Crippen LogP contribution in [-0.4, -0.2) is 253 Å². The molecule has 12 N–H and O–H groups in total. The standard InChI is InChI=1S/C18H23N.C13H20N2.C12H23N.C10H16N2.C10H21N.C9H20N2.C9H19N.C8H17NO.C8H17N.C7H15NO.C7H15N.C6H13N/c1-18(2,3)19(14-16-10-6-4-7-11-16)15-17-12-8-5-9-13-17;1-13(2,3)15-9-5-7-12(15)11-6-4-8-14-10-11;1-12(2,3)13-8-10-4-5-11(9-13)7-6-10;1-10(2,3)12(4)9-5-7-11-8-6-9;1-10(2,3)11-8-6-4-5-7-9-11;1-9(2,3)11-7-5-10(4)6-8-11;1-9(2,3)10-7-5-4-6-8-10;1-8(2,3)9-4-6-10-7-5-9;1-8(2,3)9-6-4-5-7-9;1-7(2,3)8-4-5-9-6-8;1-7(2,3)8-5-4-6-8;1-6(2,3)7-4-5-7/h4-13H,14-15H2,1-3H3;4,6,8,10,12H,5,7,9H2,1-3H3;10-11H,4-9H2,1-3H3;5-8H,1-4H3;4-9H2,1-3H3;5-8H2,1-4H3;4-8H2,1-3H3;4-7H2,1-3H3;4-7H2,1-3H3;4-6H2,1-3H3;4-6H2,1-3H3;4-5H2,1-3H3/p+12. The first-order valence-corrected chi connectivity index (χ1v) is 54.9. The fraction of sp³-hybridized carbons (Fsp3) is 0.812. The number of morpholine rings is 1. The van der Waals surface area contributed by atoms with E-state index in [4.69, 9.17) is 9.47 Å². The molecule has 774 valence electrons. The van der Waals surface area contributed by atoms with Crippen molar-refractivity contribution in [1.29, 1.82) is 0 Å². The van der Waals surface area contributed by atoms with E-state index in [0.717, 1.165) is 51.5 Å². The molecule has 12 aliphatic rings. The lowest BCUT2D eigenvalue weighted by Gasteiger charge is -2.38. The average molecular weight is 1880 g/mol. The third-order valence-electron chi connectivity index (χ3n) is 31.2. The number of fused-ring (bicyclic) bond motifs is 4. The van der Waals surface area contributed by atoms with Gasteiger partial charge in [-0.15, -0.1) is 0 Å². The van der Waals surface area contributed by atoms with Crippen LogP contribution in [0.3, 0.4) is 0 Å². The summed E-state index contributed by atoms with van der Waals surface area (Å²) in [6.45, 7) is 116. The number of pyridine rings is 2. The Morgan fingerprint density at radius 3 is 0.933 bits per heavy atom. The van der Waals surface area contributed by atoms with Crippen molar-refractivity contribution in [3.05, 3.63) is 126 Å². The maximum absolute atomic E-state index is 5.27. The maximum atomic E-state index is 5.27. The molecular formula is C117H231N15O2+12. The zero-order chi connectivity index (χ0) is 101. The van der Waals surface area contributed by atoms with Gasteiger partial charge >= 0.3 is 0 Å². The number of aromatic nitrogens is 2. The van der Waals surface area contributed by atoms with Gasteiger partial charge in [-0.1, -0.05) is 66.7 Å². The highest BCUT2D eigenvalue weighted by Crippen LogP contribution is 2.30. The van der Waals surface area contributed by atoms with Crippen LogP contribution in [0, 0.1) is 11.8 Å². The van der Waals surface area contributed by atoms with Crippen LogP contribution in [0.2, 0.25) is 0 Å². The van der Waals surface area contributed by atoms with E-state index < -0.39 is 0 Å². The maximum Gasteiger partial charge on any atom is 0.182 e. The second kappa shape index (κ2) is 57.4. The summed E-state index contributed by atoms with van der Waals surface area (Å²) in [5, 5.41) is 0. The number of piperidine rings is 1. The average Bonchev–Trinajstić information content (AvgIpc) is 1.67. The largest absolute Gasteiger partial charge is 0.370 e. The molecule has 17 nitrogen and oxygen atoms in total. The lowest BCUT2D eigenvalue weighted by atomic mass is 9.84. The number of nitrogens with zero attached hydrogens (tertiary/aromatic N) is 3. The SMILES string of the molecule is CC(C)(C)[NH+](Cc1ccccc1)Cc1ccccc1.CC(C)(C)[NH+]1CC1.CC(C)(C)[NH+]1CC2CCC(CC2)C1.CC(C)(C)[NH+]1CCC1.CC(C)(C)[NH+]1CCCC1.CC(C)(C)[NH+]1CCCC1c1cccnc1.CC(C)(C)[NH+]1CCCCC1.CC(C)(C)[NH+]1CCCCCC1.CC(C)(C)[NH+]1CCOC1.CC(C)(C)[NH+]1CCOCC1.CN1CC[NH+](C(C)(C)C)CC1.C[NH+](c1ccncc1)C(C)(C)C. The Morgan fingerprint density at radius 1 is 0.306 bits per heavy atom. The van der Waals surface area contributed by atoms with Crippen LogP contribution in [0.4, 0.5) is 5.69 Å². The summed E-state index contributed by atoms with van der Waals surface area (Å²) in [5.74, 6) is 2.10. The number of nitrogens with one attached hydrogen (secondary N) is 12. The second-order valence-corrected chi connectivity index (χ2v) is 54.5. The Labute approximate surface area is 831 Å². The van der Waals surface area contributed by atoms with Gasteiger partial charge in [0, 0.05) is 111 Å². The minimum absolute atomic E-state index is 0.242. The summed E-state index contributed by atoms with van der Waals surface area (Å²) in [5.41, 5.74) is 10.5. The Hall–Kier alpha value is -3.86. The van der Waals surface area contributed by atoms with Crippen LogP contribution in [0.15, 0.2) is 110 Å². The van der Waals surface area contributed by atoms with Crippen LogP contribution < -0.4 is 58.8 Å². The van der Waals surface area contributed by atoms with E-state index in [9.17, 15) is 0 Å². The molecule has 0 spiro atoms. The van der Waals surface area contributed by atoms with E-state index in [1.54, 1.807) is 49.0 Å². The first kappa shape index (κ1) is 122. The van der Waals surface area contributed by atoms with Crippen LogP contribution in [0.25, 0.3) is 0 Å². The molecule has 0 radical (unpaired) electrons. The highest BCUT2D eigenvalue weighted by atomic mass is 16.5. The summed E-state index contributed by atoms with van der Waals surface area (Å²) in [6.07, 6.45) is 30.7. The summed E-state index contributed by atoms with van der Waals surface area (Å²) < 4.78 is 10.5. The molecular weight excluding hydrogens is 1650 g/mol. The highest BCUT2D eigenvalue weighted by Gasteiger charge is 2.41. The van der Waals surface area contributed by atoms with E-state index in [0.29, 0.717) is 61.4 Å². The summed E-state index contributed by atoms with van der Waals surface area (Å²) in [4.78, 5) is 31.0. The van der Waals surface area contributed by atoms with Gasteiger partial charge in [0.25, 0.3) is 0 Å². The van der Waals surface area contributed by atoms with Gasteiger partial charge in [-0.05, 0) is 333 Å². The van der Waals surface area contributed by atoms with Crippen LogP contribution in [0.5, 0.6) is 0 Å². The molecule has 2 bridgehead atoms. The Morgan fingerprint density at radius 2 is 0.642 bits per heavy atom. The first-order chi connectivity index (χ1) is 61.9. The molecule has 11 saturated heterocycles. The third kappa shape index (κ3) is 50.7. The van der Waals surface area contributed by atoms with E-state index in [2.05, 4.69) is 357 Å². The van der Waals surface area contributed by atoms with E-state index in [-0.39, 0.29) is 11.1 Å². The second-order valence-electron chi connectivity index (χ2n) is 54.5. The zero-order valence-corrected chi connectivity index (χ0v) is 96.0. The quantitative estimate of drug-likeness (QED) is 0.0891. The summed E-state index contributed by atoms with van der Waals surface area (Å²) >= 11 is 0. The molecule has 4 aromatic rings. The summed E-state index contributed by atoms with van der Waals surface area (Å²) in [7, 11) is 4.38. The van der Waals surface area contributed by atoms with Crippen LogP contribution in [0.1, 0.15) is 375 Å². The molecule has 11 aliphatic heterocycles. The van der Waals surface area contributed by atoms with E-state index >= 15 is 0 Å². The smallest absolute Gasteiger partial charge is 0.182 e. The van der Waals surface area contributed by atoms with Gasteiger partial charge in [0.2, 0.25) is 0 Å². The van der Waals surface area contributed by atoms with Gasteiger partial charge in [-0.2, -0.15) is 0 Å². The fourth-order valence-electron chi connectivity index (χ4n) is 20.2. The number of hydrogen-bond donors (Lipinski definition) is 12. The Balaban J connectivity index is 0.000000308. The van der Waals surface area contributed by atoms with Crippen molar-refractivity contribution in [1.82, 2.24) is 14.9 Å². The topological polar surface area (TPSA) is 101 Å². The molecule has 2 aromatic carbocycles. The van der Waals surface area contributed by atoms with E-state index in [1.807, 2.05) is 35.8 Å². The predicted octanol–water partition coefficient (Wildman–Crippen LogP) is 8.48. The molecule has 13 heterocycles. The number of quaternary nitrogens is 12. The van der Waals surface area contributed by atoms with E-state index in [1.165, 1.54) is 261 Å². The van der Waals surface area contributed by atoms with Gasteiger partial charge in [0.15, 0.2) is 6.73 Å². The molecule has 17 heteroatoms. The molecule has 16 rings (SSSR count). The lowest BCUT2D eigenvalue weighted by Crippen LogP contribution is -3.23. The van der Waals surface area contributed by atoms with Crippen molar-refractivity contribution < 1.29 is 68.3 Å². The molecule has 1 saturated carbocycles. The van der Waals surface area contributed by atoms with Crippen LogP contribution >= 0.6 is 0 Å². The first-order valence-electron chi connectivity index (χ1n) is 54.9. The van der Waals surface area contributed by atoms with Crippen molar-refractivity contribution >= 4 is 5.69 Å². The molecule has 2 aromatic heterocycles. The molecule has 12 fully saturated rings. The molecule has 134 heavy (non-hydrogen) atoms. The third-order valence-corrected chi connectivity index (χ3v) is 31.2. The van der Waals surface area contributed by atoms with Crippen molar-refractivity contribution in [2.75, 3.05) is 172 Å². The minimum Gasteiger partial charge on any atom is -0.370 e. The van der Waals surface area contributed by atoms with Gasteiger partial charge in [-0.25, -0.2) is 0 Å². The number of ether oxygens (including phenoxy) is 2. The van der Waals surface area contributed by atoms with Gasteiger partial charge in [-0.3, -0.25) is 14.9 Å². The monoisotopic (exact) mass is 1880 g/mol. The number of likely N-dealkylation sites (tertiary alicyclic amines) is 5. The normalized spacial score (nSPS) is 23.2. The Bertz CT molecular complexity index is 3460. The molecule has 4 atom stereocenters. The number of hydrogen-bond acceptors (Lipinski definition) is 5. The lowest BCUT2D eigenvalue weighted by molar-refractivity contribution is -0.982. The zero-order valence-electron chi connectivity index (χ0n) is 96.0. The molecule has 0 amide bonds. The fourth-order valence-corrected chi connectivity index (χ4v) is 20.2. The molecule has 1 aliphatic carbocycles. The van der Waals surface area contributed by atoms with Crippen molar-refractivity contribution in [3.8, 4) is 0 Å². The number of piperazine rings is 1. The van der Waals surface area contributed by atoms with Gasteiger partial charge in [0.05, 0.1) is 172 Å². The van der Waals surface area contributed by atoms with Crippen LogP contribution in [-0.2, 0) is 22.6 Å². The number of rotatable bonds is 6. The van der Waals surface area contributed by atoms with Gasteiger partial charge < -0.3 is 68.3 Å². The number of benzene rings is 2. The highest BCUT2D eigenvalue weighted by molar-refractivity contribution is 5.25. The predicted molar refractivity (Wildman–Crippen MR) is 573 cm³/mol. The minimum atomic E-state index is 0.242. The number of likely N-dealkylation sites (N-methyl/N-ethyl adjacent to an activating group) is 1. The van der Waals surface area contributed by atoms with Crippen molar-refractivity contribution in [2.45, 2.75) is 438 Å². The molecule has 4 unspecified atom stereocenters. The van der Waals surface area contributed by atoms with Gasteiger partial charge in [0.1, 0.15) is 64.1 Å².